The minimum absolute atomic E-state index is 0.0541. The number of amides is 1. The maximum atomic E-state index is 12.6. The van der Waals surface area contributed by atoms with Gasteiger partial charge in [-0.25, -0.2) is 13.2 Å². The number of hydrogen-bond acceptors (Lipinski definition) is 5. The second-order valence-electron chi connectivity index (χ2n) is 5.08. The van der Waals surface area contributed by atoms with Gasteiger partial charge in [-0.1, -0.05) is 12.1 Å². The van der Waals surface area contributed by atoms with E-state index in [9.17, 15) is 26.4 Å². The molecule has 1 aliphatic heterocycles. The number of nitrogens with zero attached hydrogens (tertiary/aromatic N) is 2. The van der Waals surface area contributed by atoms with E-state index in [4.69, 9.17) is 4.74 Å². The quantitative estimate of drug-likeness (QED) is 0.797. The molecule has 7 nitrogen and oxygen atoms in total. The number of ether oxygens (including phenoxy) is 2. The summed E-state index contributed by atoms with van der Waals surface area (Å²) >= 11 is 0. The van der Waals surface area contributed by atoms with Gasteiger partial charge >= 0.3 is 12.5 Å². The fourth-order valence-corrected chi connectivity index (χ4v) is 3.87. The van der Waals surface area contributed by atoms with Crippen molar-refractivity contribution in [3.63, 3.8) is 0 Å². The molecule has 0 N–H and O–H groups in total. The molecule has 1 heterocycles. The van der Waals surface area contributed by atoms with E-state index >= 15 is 0 Å². The van der Waals surface area contributed by atoms with Crippen LogP contribution in [0, 0.1) is 0 Å². The molecular weight excluding hydrogens is 365 g/mol. The Kier molecular flexibility index (Phi) is 5.78. The summed E-state index contributed by atoms with van der Waals surface area (Å²) in [6.07, 6.45) is -5.56. The molecule has 0 aliphatic carbocycles. The van der Waals surface area contributed by atoms with Crippen LogP contribution in [-0.4, -0.2) is 62.9 Å². The van der Waals surface area contributed by atoms with Gasteiger partial charge in [-0.2, -0.15) is 4.31 Å². The van der Waals surface area contributed by atoms with Crippen LogP contribution in [0.15, 0.2) is 29.2 Å². The summed E-state index contributed by atoms with van der Waals surface area (Å²) in [5, 5.41) is 0. The van der Waals surface area contributed by atoms with E-state index in [1.54, 1.807) is 6.92 Å². The number of rotatable bonds is 4. The molecule has 0 aromatic heterocycles. The first kappa shape index (κ1) is 19.3. The second-order valence-corrected chi connectivity index (χ2v) is 6.99. The summed E-state index contributed by atoms with van der Waals surface area (Å²) < 4.78 is 72.4. The van der Waals surface area contributed by atoms with Gasteiger partial charge in [0.05, 0.1) is 6.61 Å². The lowest BCUT2D eigenvalue weighted by Gasteiger charge is -2.33. The third-order valence-electron chi connectivity index (χ3n) is 3.46. The Morgan fingerprint density at radius 1 is 1.16 bits per heavy atom. The van der Waals surface area contributed by atoms with Gasteiger partial charge in [0.1, 0.15) is 10.6 Å². The van der Waals surface area contributed by atoms with Gasteiger partial charge in [-0.15, -0.1) is 13.2 Å². The van der Waals surface area contributed by atoms with Crippen LogP contribution in [0.1, 0.15) is 6.92 Å². The third kappa shape index (κ3) is 4.75. The van der Waals surface area contributed by atoms with Crippen LogP contribution in [0.25, 0.3) is 0 Å². The topological polar surface area (TPSA) is 76.2 Å². The zero-order valence-corrected chi connectivity index (χ0v) is 14.1. The van der Waals surface area contributed by atoms with Gasteiger partial charge < -0.3 is 14.4 Å². The molecule has 1 aromatic rings. The predicted molar refractivity (Wildman–Crippen MR) is 80.5 cm³/mol. The molecular formula is C14H17F3N2O5S. The van der Waals surface area contributed by atoms with Gasteiger partial charge in [0.2, 0.25) is 10.0 Å². The summed E-state index contributed by atoms with van der Waals surface area (Å²) in [4.78, 5) is 12.4. The van der Waals surface area contributed by atoms with E-state index in [1.807, 2.05) is 0 Å². The zero-order chi connectivity index (χ0) is 18.7. The number of piperazine rings is 1. The highest BCUT2D eigenvalue weighted by Gasteiger charge is 2.36. The largest absolute Gasteiger partial charge is 0.573 e. The third-order valence-corrected chi connectivity index (χ3v) is 5.40. The van der Waals surface area contributed by atoms with E-state index in [0.717, 1.165) is 16.4 Å². The van der Waals surface area contributed by atoms with Crippen molar-refractivity contribution in [1.82, 2.24) is 9.21 Å². The molecule has 140 valence electrons. The van der Waals surface area contributed by atoms with Crippen LogP contribution in [0.5, 0.6) is 5.75 Å². The second kappa shape index (κ2) is 7.48. The maximum Gasteiger partial charge on any atom is 0.573 e. The van der Waals surface area contributed by atoms with Crippen molar-refractivity contribution >= 4 is 16.1 Å². The van der Waals surface area contributed by atoms with E-state index in [2.05, 4.69) is 4.74 Å². The van der Waals surface area contributed by atoms with E-state index in [-0.39, 0.29) is 32.8 Å². The lowest BCUT2D eigenvalue weighted by Crippen LogP contribution is -2.50. The highest BCUT2D eigenvalue weighted by molar-refractivity contribution is 7.89. The fraction of sp³-hybridized carbons (Fsp3) is 0.500. The molecule has 0 atom stereocenters. The Labute approximate surface area is 143 Å². The van der Waals surface area contributed by atoms with Crippen molar-refractivity contribution in [2.75, 3.05) is 32.8 Å². The molecule has 1 aromatic carbocycles. The summed E-state index contributed by atoms with van der Waals surface area (Å²) in [5.41, 5.74) is 0. The van der Waals surface area contributed by atoms with Crippen LogP contribution in [0.4, 0.5) is 18.0 Å². The Balaban J connectivity index is 2.17. The molecule has 0 unspecified atom stereocenters. The van der Waals surface area contributed by atoms with Crippen molar-refractivity contribution in [1.29, 1.82) is 0 Å². The Morgan fingerprint density at radius 3 is 2.32 bits per heavy atom. The van der Waals surface area contributed by atoms with Crippen LogP contribution in [0.3, 0.4) is 0 Å². The number of hydrogen-bond donors (Lipinski definition) is 0. The molecule has 1 amide bonds. The summed E-state index contributed by atoms with van der Waals surface area (Å²) in [5.74, 6) is -0.789. The lowest BCUT2D eigenvalue weighted by atomic mass is 10.3. The number of halogens is 3. The smallest absolute Gasteiger partial charge is 0.450 e. The van der Waals surface area contributed by atoms with Gasteiger partial charge in [-0.05, 0) is 19.1 Å². The normalized spacial score (nSPS) is 16.6. The average Bonchev–Trinajstić information content (AvgIpc) is 2.54. The molecule has 0 radical (unpaired) electrons. The summed E-state index contributed by atoms with van der Waals surface area (Å²) in [7, 11) is -4.20. The molecule has 0 spiro atoms. The number of benzene rings is 1. The number of para-hydroxylation sites is 1. The van der Waals surface area contributed by atoms with Crippen molar-refractivity contribution < 1.29 is 35.9 Å². The minimum Gasteiger partial charge on any atom is -0.450 e. The van der Waals surface area contributed by atoms with E-state index in [0.29, 0.717) is 0 Å². The fourth-order valence-electron chi connectivity index (χ4n) is 2.34. The average molecular weight is 382 g/mol. The minimum atomic E-state index is -5.01. The first-order chi connectivity index (χ1) is 11.6. The van der Waals surface area contributed by atoms with Crippen LogP contribution < -0.4 is 4.74 Å². The molecule has 11 heteroatoms. The van der Waals surface area contributed by atoms with E-state index in [1.165, 1.54) is 17.0 Å². The summed E-state index contributed by atoms with van der Waals surface area (Å²) in [6.45, 7) is 1.90. The van der Waals surface area contributed by atoms with Crippen molar-refractivity contribution in [3.05, 3.63) is 24.3 Å². The predicted octanol–water partition coefficient (Wildman–Crippen LogP) is 2.05. The van der Waals surface area contributed by atoms with E-state index < -0.39 is 33.1 Å². The molecule has 0 saturated carbocycles. The first-order valence-corrected chi connectivity index (χ1v) is 8.86. The molecule has 1 aliphatic rings. The Morgan fingerprint density at radius 2 is 1.76 bits per heavy atom. The number of alkyl halides is 3. The Hall–Kier alpha value is -2.01. The number of sulfonamides is 1. The lowest BCUT2D eigenvalue weighted by molar-refractivity contribution is -0.275. The molecule has 1 fully saturated rings. The highest BCUT2D eigenvalue weighted by Crippen LogP contribution is 2.31. The molecule has 2 rings (SSSR count). The van der Waals surface area contributed by atoms with Gasteiger partial charge in [-0.3, -0.25) is 0 Å². The first-order valence-electron chi connectivity index (χ1n) is 7.42. The standard InChI is InChI=1S/C14H17F3N2O5S/c1-2-23-13(20)18-7-9-19(10-8-18)25(21,22)12-6-4-3-5-11(12)24-14(15,16)17/h3-6H,2,7-10H2,1H3. The summed E-state index contributed by atoms with van der Waals surface area (Å²) in [6, 6.07) is 4.55. The van der Waals surface area contributed by atoms with Crippen LogP contribution in [-0.2, 0) is 14.8 Å². The molecule has 25 heavy (non-hydrogen) atoms. The molecule has 0 bridgehead atoms. The number of carbonyl (C=O) groups excluding carboxylic acids is 1. The number of carbonyl (C=O) groups is 1. The Bertz CT molecular complexity index is 715. The maximum absolute atomic E-state index is 12.6. The molecule has 1 saturated heterocycles. The van der Waals surface area contributed by atoms with Gasteiger partial charge in [0.25, 0.3) is 0 Å². The van der Waals surface area contributed by atoms with Crippen molar-refractivity contribution in [2.45, 2.75) is 18.2 Å². The highest BCUT2D eigenvalue weighted by atomic mass is 32.2. The zero-order valence-electron chi connectivity index (χ0n) is 13.3. The van der Waals surface area contributed by atoms with Gasteiger partial charge in [0.15, 0.2) is 0 Å². The van der Waals surface area contributed by atoms with Crippen LogP contribution in [0.2, 0.25) is 0 Å². The van der Waals surface area contributed by atoms with Crippen molar-refractivity contribution in [2.24, 2.45) is 0 Å². The van der Waals surface area contributed by atoms with Crippen LogP contribution >= 0.6 is 0 Å². The van der Waals surface area contributed by atoms with Crippen molar-refractivity contribution in [3.8, 4) is 5.75 Å². The monoisotopic (exact) mass is 382 g/mol. The SMILES string of the molecule is CCOC(=O)N1CCN(S(=O)(=O)c2ccccc2OC(F)(F)F)CC1. The van der Waals surface area contributed by atoms with Gasteiger partial charge in [0, 0.05) is 26.2 Å².